The van der Waals surface area contributed by atoms with Crippen molar-refractivity contribution in [3.8, 4) is 0 Å². The third-order valence-electron chi connectivity index (χ3n) is 13.9. The molecule has 5 nitrogen and oxygen atoms in total. The molecule has 5 aliphatic carbocycles. The smallest absolute Gasteiger partial charge is 0.312 e. The molecule has 0 amide bonds. The first-order valence-corrected chi connectivity index (χ1v) is 14.2. The Hall–Kier alpha value is -0.910. The second-order valence-corrected chi connectivity index (χ2v) is 14.7. The fourth-order valence-corrected chi connectivity index (χ4v) is 11.4. The van der Waals surface area contributed by atoms with Gasteiger partial charge in [0.25, 0.3) is 0 Å². The third kappa shape index (κ3) is 2.50. The van der Waals surface area contributed by atoms with Gasteiger partial charge in [-0.25, -0.2) is 0 Å². The number of carboxylic acid groups (broad SMARTS) is 1. The van der Waals surface area contributed by atoms with E-state index in [2.05, 4.69) is 47.6 Å². The summed E-state index contributed by atoms with van der Waals surface area (Å²) >= 11 is 0. The molecule has 0 aromatic heterocycles. The van der Waals surface area contributed by atoms with Gasteiger partial charge in [-0.15, -0.1) is 0 Å². The van der Waals surface area contributed by atoms with Crippen LogP contribution in [0.5, 0.6) is 0 Å². The van der Waals surface area contributed by atoms with Crippen LogP contribution in [-0.4, -0.2) is 39.8 Å². The van der Waals surface area contributed by atoms with Crippen molar-refractivity contribution in [1.29, 1.82) is 0 Å². The highest BCUT2D eigenvalue weighted by molar-refractivity contribution is 5.77. The van der Waals surface area contributed by atoms with Gasteiger partial charge >= 0.3 is 5.97 Å². The third-order valence-corrected chi connectivity index (χ3v) is 13.9. The van der Waals surface area contributed by atoms with Crippen molar-refractivity contribution < 1.29 is 24.9 Å². The first-order valence-electron chi connectivity index (χ1n) is 14.2. The van der Waals surface area contributed by atoms with E-state index >= 15 is 0 Å². The molecule has 11 atom stereocenters. The number of aliphatic carboxylic acids is 1. The van der Waals surface area contributed by atoms with E-state index in [0.717, 1.165) is 32.1 Å². The number of carbonyl (C=O) groups is 1. The number of aliphatic hydroxyl groups excluding tert-OH is 1. The second-order valence-electron chi connectivity index (χ2n) is 14.7. The van der Waals surface area contributed by atoms with E-state index in [9.17, 15) is 20.1 Å². The van der Waals surface area contributed by atoms with E-state index in [4.69, 9.17) is 4.74 Å². The molecule has 2 heterocycles. The summed E-state index contributed by atoms with van der Waals surface area (Å²) in [6.07, 6.45) is 8.50. The normalized spacial score (nSPS) is 58.3. The maximum Gasteiger partial charge on any atom is 0.312 e. The topological polar surface area (TPSA) is 87.0 Å². The van der Waals surface area contributed by atoms with E-state index in [-0.39, 0.29) is 33.5 Å². The minimum Gasteiger partial charge on any atom is -0.481 e. The molecule has 7 rings (SSSR count). The number of fused-ring (bicyclic) bond motifs is 7. The number of hydrogen-bond acceptors (Lipinski definition) is 4. The lowest BCUT2D eigenvalue weighted by Crippen LogP contribution is -2.73. The van der Waals surface area contributed by atoms with Crippen LogP contribution >= 0.6 is 0 Å². The van der Waals surface area contributed by atoms with Crippen molar-refractivity contribution in [2.24, 2.45) is 56.7 Å². The van der Waals surface area contributed by atoms with Crippen molar-refractivity contribution in [3.63, 3.8) is 0 Å². The van der Waals surface area contributed by atoms with Crippen molar-refractivity contribution in [3.05, 3.63) is 11.6 Å². The zero-order valence-electron chi connectivity index (χ0n) is 22.6. The van der Waals surface area contributed by atoms with E-state index in [0.29, 0.717) is 43.6 Å². The highest BCUT2D eigenvalue weighted by atomic mass is 16.6. The van der Waals surface area contributed by atoms with Crippen LogP contribution in [0.25, 0.3) is 0 Å². The van der Waals surface area contributed by atoms with Crippen molar-refractivity contribution in [2.75, 3.05) is 6.61 Å². The Kier molecular flexibility index (Phi) is 4.84. The fraction of sp³-hybridized carbons (Fsp3) is 0.900. The number of ether oxygens (including phenoxy) is 1. The molecule has 35 heavy (non-hydrogen) atoms. The predicted octanol–water partition coefficient (Wildman–Crippen LogP) is 5.40. The minimum absolute atomic E-state index is 0.0514. The van der Waals surface area contributed by atoms with Gasteiger partial charge in [-0.3, -0.25) is 4.79 Å². The minimum atomic E-state index is -1.06. The first kappa shape index (κ1) is 24.4. The van der Waals surface area contributed by atoms with Crippen LogP contribution in [0.3, 0.4) is 0 Å². The van der Waals surface area contributed by atoms with Gasteiger partial charge in [-0.2, -0.15) is 0 Å². The number of carboxylic acids is 1. The van der Waals surface area contributed by atoms with E-state index < -0.39 is 23.3 Å². The largest absolute Gasteiger partial charge is 0.481 e. The molecule has 3 N–H and O–H groups in total. The summed E-state index contributed by atoms with van der Waals surface area (Å²) in [5.41, 5.74) is 0.0420. The Bertz CT molecular complexity index is 975. The van der Waals surface area contributed by atoms with Crippen LogP contribution in [-0.2, 0) is 9.53 Å². The molecule has 2 bridgehead atoms. The van der Waals surface area contributed by atoms with E-state index in [1.807, 2.05) is 0 Å². The SMILES string of the molecule is C[C@H]1[C@H](C)C[C@@H](O)[C@]2(C(=O)O)CC[C@]3(C)C(=CC[C@@H]4[C@]56CC[C@](O)(OC5)C(C)(C)[C@@H]6CC[C@]43C)[C@H]12. The maximum atomic E-state index is 12.9. The van der Waals surface area contributed by atoms with Gasteiger partial charge < -0.3 is 20.1 Å². The molecule has 2 aliphatic heterocycles. The summed E-state index contributed by atoms with van der Waals surface area (Å²) in [6.45, 7) is 14.4. The molecular formula is C30H46O5. The Labute approximate surface area is 210 Å². The Morgan fingerprint density at radius 2 is 1.74 bits per heavy atom. The molecule has 196 valence electrons. The zero-order chi connectivity index (χ0) is 25.4. The monoisotopic (exact) mass is 486 g/mol. The lowest BCUT2D eigenvalue weighted by atomic mass is 9.32. The van der Waals surface area contributed by atoms with Gasteiger partial charge in [0.2, 0.25) is 0 Å². The first-order chi connectivity index (χ1) is 16.2. The Morgan fingerprint density at radius 1 is 1.03 bits per heavy atom. The average Bonchev–Trinajstić information content (AvgIpc) is 2.78. The van der Waals surface area contributed by atoms with Crippen LogP contribution in [0.15, 0.2) is 11.6 Å². The van der Waals surface area contributed by atoms with Crippen molar-refractivity contribution in [2.45, 2.75) is 105 Å². The molecule has 7 aliphatic rings. The van der Waals surface area contributed by atoms with Crippen LogP contribution in [0.4, 0.5) is 0 Å². The molecule has 2 saturated heterocycles. The summed E-state index contributed by atoms with van der Waals surface area (Å²) < 4.78 is 6.31. The van der Waals surface area contributed by atoms with Gasteiger partial charge in [0.15, 0.2) is 5.79 Å². The molecule has 4 saturated carbocycles. The summed E-state index contributed by atoms with van der Waals surface area (Å²) in [5.74, 6) is -0.490. The molecule has 6 fully saturated rings. The Morgan fingerprint density at radius 3 is 2.37 bits per heavy atom. The average molecular weight is 487 g/mol. The quantitative estimate of drug-likeness (QED) is 0.432. The summed E-state index contributed by atoms with van der Waals surface area (Å²) in [6, 6.07) is 0. The van der Waals surface area contributed by atoms with Crippen molar-refractivity contribution in [1.82, 2.24) is 0 Å². The van der Waals surface area contributed by atoms with Gasteiger partial charge in [0.1, 0.15) is 5.41 Å². The Balaban J connectivity index is 1.48. The predicted molar refractivity (Wildman–Crippen MR) is 133 cm³/mol. The summed E-state index contributed by atoms with van der Waals surface area (Å²) in [4.78, 5) is 12.9. The molecule has 1 spiro atoms. The van der Waals surface area contributed by atoms with E-state index in [1.54, 1.807) is 0 Å². The fourth-order valence-electron chi connectivity index (χ4n) is 11.4. The van der Waals surface area contributed by atoms with Gasteiger partial charge in [0, 0.05) is 23.2 Å². The van der Waals surface area contributed by atoms with Gasteiger partial charge in [-0.05, 0) is 79.4 Å². The molecule has 0 unspecified atom stereocenters. The van der Waals surface area contributed by atoms with Crippen LogP contribution in [0, 0.1) is 56.7 Å². The molecule has 0 aromatic rings. The summed E-state index contributed by atoms with van der Waals surface area (Å²) in [5, 5.41) is 33.2. The molecular weight excluding hydrogens is 440 g/mol. The van der Waals surface area contributed by atoms with Gasteiger partial charge in [-0.1, -0.05) is 53.2 Å². The zero-order valence-corrected chi connectivity index (χ0v) is 22.6. The molecule has 0 aromatic carbocycles. The standard InChI is InChI=1S/C30H46O5/c1-17-15-22(31)29(24(32)33)13-11-26(5)19(23(29)18(17)2)7-8-21-27(26,6)10-9-20-25(3,4)30(34)14-12-28(20,21)16-35-30/h7,17-18,20-23,31,34H,8-16H2,1-6H3,(H,32,33)/t17-,18+,20+,21+,22-,23+,26-,27-,28-,29-,30+/m1/s1. The number of aliphatic hydroxyl groups is 2. The second kappa shape index (κ2) is 6.94. The maximum absolute atomic E-state index is 12.9. The highest BCUT2D eigenvalue weighted by Gasteiger charge is 2.75. The van der Waals surface area contributed by atoms with E-state index in [1.165, 1.54) is 5.57 Å². The number of allylic oxidation sites excluding steroid dienone is 2. The molecule has 0 radical (unpaired) electrons. The number of hydrogen-bond donors (Lipinski definition) is 3. The lowest BCUT2D eigenvalue weighted by molar-refractivity contribution is -0.395. The van der Waals surface area contributed by atoms with Crippen molar-refractivity contribution >= 4 is 5.97 Å². The molecule has 5 heteroatoms. The number of rotatable bonds is 1. The van der Waals surface area contributed by atoms with Gasteiger partial charge in [0.05, 0.1) is 12.7 Å². The van der Waals surface area contributed by atoms with Crippen LogP contribution < -0.4 is 0 Å². The lowest BCUT2D eigenvalue weighted by Gasteiger charge is -2.74. The highest BCUT2D eigenvalue weighted by Crippen LogP contribution is 2.77. The summed E-state index contributed by atoms with van der Waals surface area (Å²) in [7, 11) is 0. The van der Waals surface area contributed by atoms with Crippen LogP contribution in [0.2, 0.25) is 0 Å². The van der Waals surface area contributed by atoms with Crippen LogP contribution in [0.1, 0.15) is 92.9 Å².